The van der Waals surface area contributed by atoms with Crippen molar-refractivity contribution in [2.45, 2.75) is 13.3 Å². The first-order chi connectivity index (χ1) is 10.4. The Bertz CT molecular complexity index is 829. The zero-order valence-electron chi connectivity index (χ0n) is 12.0. The molecule has 1 N–H and O–H groups in total. The largest absolute Gasteiger partial charge is 0.481 e. The van der Waals surface area contributed by atoms with Gasteiger partial charge in [-0.05, 0) is 25.5 Å². The lowest BCUT2D eigenvalue weighted by Gasteiger charge is -2.20. The van der Waals surface area contributed by atoms with E-state index in [1.54, 1.807) is 31.3 Å². The van der Waals surface area contributed by atoms with E-state index in [1.807, 2.05) is 0 Å². The number of pyridine rings is 1. The summed E-state index contributed by atoms with van der Waals surface area (Å²) in [5.41, 5.74) is -0.991. The van der Waals surface area contributed by atoms with Crippen molar-refractivity contribution in [1.82, 2.24) is 14.3 Å². The highest BCUT2D eigenvalue weighted by atomic mass is 16.4. The van der Waals surface area contributed by atoms with Gasteiger partial charge < -0.3 is 10.0 Å². The Labute approximate surface area is 125 Å². The zero-order chi connectivity index (χ0) is 15.9. The van der Waals surface area contributed by atoms with Crippen LogP contribution in [0, 0.1) is 5.41 Å². The lowest BCUT2D eigenvalue weighted by molar-refractivity contribution is -0.147. The third-order valence-electron chi connectivity index (χ3n) is 4.12. The first-order valence-electron chi connectivity index (χ1n) is 6.91. The number of carbonyl (C=O) groups excluding carboxylic acids is 1. The number of aromatic nitrogens is 2. The molecule has 0 aromatic carbocycles. The summed E-state index contributed by atoms with van der Waals surface area (Å²) in [6.07, 6.45) is 3.18. The van der Waals surface area contributed by atoms with Gasteiger partial charge in [0.1, 0.15) is 11.2 Å². The van der Waals surface area contributed by atoms with Crippen molar-refractivity contribution >= 4 is 17.5 Å². The number of carbonyl (C=O) groups is 2. The summed E-state index contributed by atoms with van der Waals surface area (Å²) in [6, 6.07) is 5.11. The van der Waals surface area contributed by atoms with Gasteiger partial charge >= 0.3 is 5.97 Å². The van der Waals surface area contributed by atoms with E-state index in [0.29, 0.717) is 18.6 Å². The normalized spacial score (nSPS) is 21.2. The Kier molecular flexibility index (Phi) is 3.20. The summed E-state index contributed by atoms with van der Waals surface area (Å²) < 4.78 is 1.31. The van der Waals surface area contributed by atoms with Crippen molar-refractivity contribution in [2.24, 2.45) is 5.41 Å². The molecule has 1 fully saturated rings. The van der Waals surface area contributed by atoms with Crippen LogP contribution in [0.25, 0.3) is 5.65 Å². The smallest absolute Gasteiger partial charge is 0.311 e. The summed E-state index contributed by atoms with van der Waals surface area (Å²) in [7, 11) is 0. The number of hydrogen-bond acceptors (Lipinski definition) is 4. The van der Waals surface area contributed by atoms with Gasteiger partial charge in [-0.2, -0.15) is 0 Å². The fourth-order valence-corrected chi connectivity index (χ4v) is 2.65. The summed E-state index contributed by atoms with van der Waals surface area (Å²) in [4.78, 5) is 41.6. The van der Waals surface area contributed by atoms with Gasteiger partial charge in [0.05, 0.1) is 5.41 Å². The van der Waals surface area contributed by atoms with Gasteiger partial charge in [-0.3, -0.25) is 18.8 Å². The van der Waals surface area contributed by atoms with Gasteiger partial charge in [-0.25, -0.2) is 4.98 Å². The standard InChI is InChI=1S/C15H15N3O4/c1-15(14(21)22)5-7-17(9-15)12(19)10-8-16-11-4-2-3-6-18(11)13(10)20/h2-4,6,8H,5,7,9H2,1H3,(H,21,22)/t15-/m0/s1. The molecule has 1 saturated heterocycles. The Hall–Kier alpha value is -2.70. The van der Waals surface area contributed by atoms with Crippen molar-refractivity contribution in [3.63, 3.8) is 0 Å². The van der Waals surface area contributed by atoms with Gasteiger partial charge in [0.2, 0.25) is 0 Å². The second-order valence-corrected chi connectivity index (χ2v) is 5.75. The predicted molar refractivity (Wildman–Crippen MR) is 77.7 cm³/mol. The summed E-state index contributed by atoms with van der Waals surface area (Å²) >= 11 is 0. The van der Waals surface area contributed by atoms with E-state index in [2.05, 4.69) is 4.98 Å². The van der Waals surface area contributed by atoms with Gasteiger partial charge in [0, 0.05) is 25.5 Å². The van der Waals surface area contributed by atoms with E-state index >= 15 is 0 Å². The Morgan fingerprint density at radius 2 is 2.14 bits per heavy atom. The monoisotopic (exact) mass is 301 g/mol. The second kappa shape index (κ2) is 4.94. The number of nitrogens with zero attached hydrogens (tertiary/aromatic N) is 3. The summed E-state index contributed by atoms with van der Waals surface area (Å²) in [6.45, 7) is 2.02. The maximum Gasteiger partial charge on any atom is 0.311 e. The molecule has 22 heavy (non-hydrogen) atoms. The summed E-state index contributed by atoms with van der Waals surface area (Å²) in [5, 5.41) is 9.22. The Balaban J connectivity index is 1.96. The van der Waals surface area contributed by atoms with Crippen molar-refractivity contribution in [3.8, 4) is 0 Å². The molecular formula is C15H15N3O4. The highest BCUT2D eigenvalue weighted by molar-refractivity contribution is 5.94. The average Bonchev–Trinajstić information content (AvgIpc) is 2.91. The van der Waals surface area contributed by atoms with Crippen LogP contribution >= 0.6 is 0 Å². The van der Waals surface area contributed by atoms with Crippen LogP contribution in [-0.2, 0) is 4.79 Å². The van der Waals surface area contributed by atoms with E-state index in [9.17, 15) is 19.5 Å². The Morgan fingerprint density at radius 1 is 1.36 bits per heavy atom. The highest BCUT2D eigenvalue weighted by Crippen LogP contribution is 2.30. The molecule has 1 amide bonds. The highest BCUT2D eigenvalue weighted by Gasteiger charge is 2.42. The van der Waals surface area contributed by atoms with Crippen molar-refractivity contribution < 1.29 is 14.7 Å². The number of rotatable bonds is 2. The topological polar surface area (TPSA) is 92.0 Å². The molecule has 0 bridgehead atoms. The molecule has 3 heterocycles. The molecule has 7 nitrogen and oxygen atoms in total. The van der Waals surface area contributed by atoms with Crippen LogP contribution in [0.15, 0.2) is 35.4 Å². The molecule has 1 aliphatic rings. The molecule has 1 atom stereocenters. The SMILES string of the molecule is C[C@]1(C(=O)O)CCN(C(=O)c2cnc3ccccn3c2=O)C1. The quantitative estimate of drug-likeness (QED) is 0.878. The van der Waals surface area contributed by atoms with E-state index < -0.39 is 22.9 Å². The molecule has 7 heteroatoms. The average molecular weight is 301 g/mol. The third kappa shape index (κ3) is 2.14. The number of carboxylic acid groups (broad SMARTS) is 1. The minimum Gasteiger partial charge on any atom is -0.481 e. The van der Waals surface area contributed by atoms with Gasteiger partial charge in [0.15, 0.2) is 0 Å². The van der Waals surface area contributed by atoms with Crippen molar-refractivity contribution in [2.75, 3.05) is 13.1 Å². The molecule has 2 aromatic rings. The fraction of sp³-hybridized carbons (Fsp3) is 0.333. The Morgan fingerprint density at radius 3 is 2.82 bits per heavy atom. The fourth-order valence-electron chi connectivity index (χ4n) is 2.65. The molecule has 1 aliphatic heterocycles. The van der Waals surface area contributed by atoms with Crippen LogP contribution in [-0.4, -0.2) is 44.4 Å². The van der Waals surface area contributed by atoms with E-state index in [0.717, 1.165) is 0 Å². The van der Waals surface area contributed by atoms with E-state index in [4.69, 9.17) is 0 Å². The number of aliphatic carboxylic acids is 1. The van der Waals surface area contributed by atoms with Crippen molar-refractivity contribution in [1.29, 1.82) is 0 Å². The predicted octanol–water partition coefficient (Wildman–Crippen LogP) is 0.631. The summed E-state index contributed by atoms with van der Waals surface area (Å²) in [5.74, 6) is -1.41. The van der Waals surface area contributed by atoms with Crippen molar-refractivity contribution in [3.05, 3.63) is 46.5 Å². The van der Waals surface area contributed by atoms with Crippen LogP contribution in [0.4, 0.5) is 0 Å². The van der Waals surface area contributed by atoms with Crippen LogP contribution in [0.5, 0.6) is 0 Å². The minimum atomic E-state index is -0.962. The number of likely N-dealkylation sites (tertiary alicyclic amines) is 1. The third-order valence-corrected chi connectivity index (χ3v) is 4.12. The molecule has 0 unspecified atom stereocenters. The molecular weight excluding hydrogens is 286 g/mol. The van der Waals surface area contributed by atoms with E-state index in [1.165, 1.54) is 15.5 Å². The van der Waals surface area contributed by atoms with E-state index in [-0.39, 0.29) is 12.1 Å². The molecule has 0 spiro atoms. The molecule has 0 aliphatic carbocycles. The molecule has 3 rings (SSSR count). The lowest BCUT2D eigenvalue weighted by Crippen LogP contribution is -2.37. The second-order valence-electron chi connectivity index (χ2n) is 5.75. The molecule has 0 saturated carbocycles. The van der Waals surface area contributed by atoms with Crippen LogP contribution in [0.1, 0.15) is 23.7 Å². The van der Waals surface area contributed by atoms with Gasteiger partial charge in [-0.1, -0.05) is 6.07 Å². The zero-order valence-corrected chi connectivity index (χ0v) is 12.0. The van der Waals surface area contributed by atoms with Crippen LogP contribution < -0.4 is 5.56 Å². The number of carboxylic acids is 1. The lowest BCUT2D eigenvalue weighted by atomic mass is 9.90. The van der Waals surface area contributed by atoms with Gasteiger partial charge in [0.25, 0.3) is 11.5 Å². The molecule has 114 valence electrons. The minimum absolute atomic E-state index is 0.0432. The van der Waals surface area contributed by atoms with Crippen LogP contribution in [0.3, 0.4) is 0 Å². The molecule has 2 aromatic heterocycles. The maximum absolute atomic E-state index is 12.5. The first kappa shape index (κ1) is 14.2. The molecule has 0 radical (unpaired) electrons. The van der Waals surface area contributed by atoms with Gasteiger partial charge in [-0.15, -0.1) is 0 Å². The first-order valence-corrected chi connectivity index (χ1v) is 6.91. The maximum atomic E-state index is 12.5. The van der Waals surface area contributed by atoms with Crippen LogP contribution in [0.2, 0.25) is 0 Å². The number of hydrogen-bond donors (Lipinski definition) is 1. The number of fused-ring (bicyclic) bond motifs is 1. The number of amides is 1.